The zero-order valence-corrected chi connectivity index (χ0v) is 41.1. The molecule has 0 aromatic carbocycles. The van der Waals surface area contributed by atoms with Crippen molar-refractivity contribution in [1.29, 1.82) is 0 Å². The lowest BCUT2D eigenvalue weighted by molar-refractivity contribution is -0.150. The van der Waals surface area contributed by atoms with Gasteiger partial charge in [0.15, 0.2) is 0 Å². The first-order chi connectivity index (χ1) is 30.0. The van der Waals surface area contributed by atoms with Gasteiger partial charge in [0.05, 0.1) is 64.7 Å². The van der Waals surface area contributed by atoms with Crippen LogP contribution in [0.2, 0.25) is 0 Å². The third-order valence-corrected chi connectivity index (χ3v) is 12.1. The molecule has 0 heterocycles. The highest BCUT2D eigenvalue weighted by Gasteiger charge is 2.20. The molecule has 2 unspecified atom stereocenters. The molecule has 0 aliphatic heterocycles. The van der Waals surface area contributed by atoms with Crippen LogP contribution in [0, 0.1) is 11.8 Å². The second kappa shape index (κ2) is 49.8. The maximum Gasteiger partial charge on any atom is 0.308 e. The molecule has 9 nitrogen and oxygen atoms in total. The van der Waals surface area contributed by atoms with Crippen molar-refractivity contribution in [3.63, 3.8) is 0 Å². The van der Waals surface area contributed by atoms with Crippen LogP contribution >= 0.6 is 0 Å². The van der Waals surface area contributed by atoms with Gasteiger partial charge in [-0.2, -0.15) is 0 Å². The van der Waals surface area contributed by atoms with Crippen LogP contribution in [0.4, 0.5) is 0 Å². The first-order valence-corrected chi connectivity index (χ1v) is 26.5. The summed E-state index contributed by atoms with van der Waals surface area (Å²) >= 11 is 0. The number of esters is 2. The van der Waals surface area contributed by atoms with E-state index in [1.54, 1.807) is 0 Å². The van der Waals surface area contributed by atoms with Crippen LogP contribution < -0.4 is 5.73 Å². The predicted molar refractivity (Wildman–Crippen MR) is 257 cm³/mol. The first kappa shape index (κ1) is 59.7. The predicted octanol–water partition coefficient (Wildman–Crippen LogP) is 13.2. The van der Waals surface area contributed by atoms with Crippen LogP contribution in [-0.4, -0.2) is 95.9 Å². The summed E-state index contributed by atoms with van der Waals surface area (Å²) in [7, 11) is 0. The number of hydrogen-bond acceptors (Lipinski definition) is 9. The van der Waals surface area contributed by atoms with Crippen LogP contribution in [-0.2, 0) is 33.3 Å². The Balaban J connectivity index is 4.66. The lowest BCUT2D eigenvalue weighted by Gasteiger charge is -2.22. The summed E-state index contributed by atoms with van der Waals surface area (Å²) in [4.78, 5) is 28.7. The Hall–Kier alpha value is -1.26. The Morgan fingerprint density at radius 3 is 1.07 bits per heavy atom. The van der Waals surface area contributed by atoms with E-state index >= 15 is 0 Å². The van der Waals surface area contributed by atoms with Gasteiger partial charge in [-0.25, -0.2) is 0 Å². The average molecular weight is 869 g/mol. The SMILES string of the molecule is CCCCCCCCC(CCCCCC)C(=O)OCCCCCCN(CCCCCCOC(=O)C(CCCCCC)CCCCCCCC)CCOCCOCCOCCN. The zero-order chi connectivity index (χ0) is 44.5. The van der Waals surface area contributed by atoms with E-state index in [2.05, 4.69) is 32.6 Å². The van der Waals surface area contributed by atoms with Gasteiger partial charge >= 0.3 is 11.9 Å². The summed E-state index contributed by atoms with van der Waals surface area (Å²) in [6, 6.07) is 0. The fraction of sp³-hybridized carbons (Fsp3) is 0.962. The summed E-state index contributed by atoms with van der Waals surface area (Å²) in [5, 5.41) is 0. The van der Waals surface area contributed by atoms with E-state index in [1.165, 1.54) is 103 Å². The molecule has 61 heavy (non-hydrogen) atoms. The van der Waals surface area contributed by atoms with Crippen molar-refractivity contribution in [2.75, 3.05) is 79.0 Å². The Morgan fingerprint density at radius 2 is 0.672 bits per heavy atom. The Bertz CT molecular complexity index is 836. The molecule has 2 atom stereocenters. The molecule has 0 fully saturated rings. The Morgan fingerprint density at radius 1 is 0.361 bits per heavy atom. The zero-order valence-electron chi connectivity index (χ0n) is 41.1. The van der Waals surface area contributed by atoms with E-state index in [0.29, 0.717) is 59.4 Å². The fourth-order valence-electron chi connectivity index (χ4n) is 8.05. The number of hydrogen-bond donors (Lipinski definition) is 1. The summed E-state index contributed by atoms with van der Waals surface area (Å²) < 4.78 is 28.6. The molecule has 0 aliphatic rings. The minimum Gasteiger partial charge on any atom is -0.465 e. The van der Waals surface area contributed by atoms with E-state index in [-0.39, 0.29) is 23.8 Å². The van der Waals surface area contributed by atoms with Crippen molar-refractivity contribution in [3.8, 4) is 0 Å². The summed E-state index contributed by atoms with van der Waals surface area (Å²) in [5.41, 5.74) is 5.47. The van der Waals surface area contributed by atoms with Crippen molar-refractivity contribution in [3.05, 3.63) is 0 Å². The van der Waals surface area contributed by atoms with Gasteiger partial charge < -0.3 is 34.3 Å². The van der Waals surface area contributed by atoms with E-state index in [0.717, 1.165) is 122 Å². The molecule has 0 aromatic rings. The van der Waals surface area contributed by atoms with Crippen molar-refractivity contribution in [2.24, 2.45) is 17.6 Å². The molecule has 0 spiro atoms. The lowest BCUT2D eigenvalue weighted by atomic mass is 9.94. The summed E-state index contributed by atoms with van der Waals surface area (Å²) in [6.07, 6.45) is 37.3. The standard InChI is InChI=1S/C52H104N2O7/c1-5-9-13-17-19-27-35-49(33-25-15-11-7-3)51(55)60-41-31-23-21-29-38-54(40-44-58-46-48-59-47-45-57-43-37-53)39-30-22-24-32-42-61-52(56)50(34-26-16-12-8-4)36-28-20-18-14-10-6-2/h49-50H,5-48,53H2,1-4H3. The van der Waals surface area contributed by atoms with E-state index in [4.69, 9.17) is 29.4 Å². The van der Waals surface area contributed by atoms with Crippen molar-refractivity contribution in [2.45, 2.75) is 233 Å². The molecule has 0 radical (unpaired) electrons. The van der Waals surface area contributed by atoms with Crippen LogP contribution in [0.25, 0.3) is 0 Å². The topological polar surface area (TPSA) is 110 Å². The molecular weight excluding hydrogens is 765 g/mol. The maximum atomic E-state index is 13.1. The number of carbonyl (C=O) groups excluding carboxylic acids is 2. The third kappa shape index (κ3) is 42.5. The number of ether oxygens (including phenoxy) is 5. The fourth-order valence-corrected chi connectivity index (χ4v) is 8.05. The smallest absolute Gasteiger partial charge is 0.308 e. The highest BCUT2D eigenvalue weighted by atomic mass is 16.5. The molecular formula is C52H104N2O7. The maximum absolute atomic E-state index is 13.1. The number of carbonyl (C=O) groups is 2. The van der Waals surface area contributed by atoms with Crippen LogP contribution in [0.15, 0.2) is 0 Å². The van der Waals surface area contributed by atoms with Gasteiger partial charge in [-0.1, -0.05) is 182 Å². The average Bonchev–Trinajstić information content (AvgIpc) is 3.26. The number of nitrogens with two attached hydrogens (primary N) is 1. The van der Waals surface area contributed by atoms with Gasteiger partial charge in [0, 0.05) is 13.1 Å². The minimum atomic E-state index is 0.0465. The largest absolute Gasteiger partial charge is 0.465 e. The summed E-state index contributed by atoms with van der Waals surface area (Å²) in [5.74, 6) is 0.247. The quantitative estimate of drug-likeness (QED) is 0.0472. The number of rotatable bonds is 51. The molecule has 9 heteroatoms. The Labute approximate surface area is 378 Å². The van der Waals surface area contributed by atoms with E-state index in [1.807, 2.05) is 0 Å². The molecule has 0 saturated carbocycles. The Kier molecular flexibility index (Phi) is 48.7. The van der Waals surface area contributed by atoms with Gasteiger partial charge in [0.25, 0.3) is 0 Å². The van der Waals surface area contributed by atoms with Crippen molar-refractivity contribution in [1.82, 2.24) is 4.90 Å². The lowest BCUT2D eigenvalue weighted by Crippen LogP contribution is -2.30. The van der Waals surface area contributed by atoms with Gasteiger partial charge in [-0.3, -0.25) is 9.59 Å². The molecule has 2 N–H and O–H groups in total. The molecule has 0 amide bonds. The van der Waals surface area contributed by atoms with Crippen LogP contribution in [0.3, 0.4) is 0 Å². The van der Waals surface area contributed by atoms with Gasteiger partial charge in [0.2, 0.25) is 0 Å². The summed E-state index contributed by atoms with van der Waals surface area (Å²) in [6.45, 7) is 17.2. The molecule has 364 valence electrons. The van der Waals surface area contributed by atoms with Gasteiger partial charge in [-0.15, -0.1) is 0 Å². The highest BCUT2D eigenvalue weighted by Crippen LogP contribution is 2.22. The van der Waals surface area contributed by atoms with Gasteiger partial charge in [0.1, 0.15) is 0 Å². The minimum absolute atomic E-state index is 0.0465. The monoisotopic (exact) mass is 869 g/mol. The molecule has 0 rings (SSSR count). The van der Waals surface area contributed by atoms with Gasteiger partial charge in [-0.05, 0) is 64.5 Å². The van der Waals surface area contributed by atoms with Crippen LogP contribution in [0.5, 0.6) is 0 Å². The van der Waals surface area contributed by atoms with E-state index < -0.39 is 0 Å². The highest BCUT2D eigenvalue weighted by molar-refractivity contribution is 5.72. The van der Waals surface area contributed by atoms with E-state index in [9.17, 15) is 9.59 Å². The normalized spacial score (nSPS) is 12.6. The second-order valence-corrected chi connectivity index (χ2v) is 17.8. The molecule has 0 bridgehead atoms. The van der Waals surface area contributed by atoms with Crippen LogP contribution in [0.1, 0.15) is 233 Å². The molecule has 0 aliphatic carbocycles. The number of unbranched alkanes of at least 4 members (excludes halogenated alkanes) is 22. The first-order valence-electron chi connectivity index (χ1n) is 26.5. The third-order valence-electron chi connectivity index (χ3n) is 12.1. The second-order valence-electron chi connectivity index (χ2n) is 17.8. The molecule has 0 saturated heterocycles. The number of nitrogens with zero attached hydrogens (tertiary/aromatic N) is 1. The van der Waals surface area contributed by atoms with Crippen molar-refractivity contribution >= 4 is 11.9 Å². The van der Waals surface area contributed by atoms with Crippen molar-refractivity contribution < 1.29 is 33.3 Å². The molecule has 0 aromatic heterocycles.